The van der Waals surface area contributed by atoms with E-state index in [0.29, 0.717) is 23.0 Å². The van der Waals surface area contributed by atoms with Gasteiger partial charge in [-0.2, -0.15) is 0 Å². The summed E-state index contributed by atoms with van der Waals surface area (Å²) < 4.78 is 12.4. The number of benzene rings is 1. The van der Waals surface area contributed by atoms with E-state index in [1.54, 1.807) is 14.2 Å². The Hall–Kier alpha value is -2.82. The summed E-state index contributed by atoms with van der Waals surface area (Å²) in [6, 6.07) is 11.2. The fraction of sp³-hybridized carbons (Fsp3) is 0.125. The lowest BCUT2D eigenvalue weighted by Gasteiger charge is -2.09. The van der Waals surface area contributed by atoms with Crippen LogP contribution in [0.3, 0.4) is 0 Å². The molecule has 1 aromatic carbocycles. The minimum absolute atomic E-state index is 0.417. The van der Waals surface area contributed by atoms with Crippen molar-refractivity contribution in [1.82, 2.24) is 9.38 Å². The fourth-order valence-corrected chi connectivity index (χ4v) is 2.33. The van der Waals surface area contributed by atoms with Gasteiger partial charge in [0, 0.05) is 11.8 Å². The van der Waals surface area contributed by atoms with Crippen LogP contribution in [0.5, 0.6) is 11.5 Å². The summed E-state index contributed by atoms with van der Waals surface area (Å²) in [6.07, 6.45) is 2.64. The molecule has 0 radical (unpaired) electrons. The molecule has 5 nitrogen and oxygen atoms in total. The van der Waals surface area contributed by atoms with Crippen LogP contribution in [0.25, 0.3) is 16.9 Å². The molecule has 0 fully saturated rings. The van der Waals surface area contributed by atoms with Crippen LogP contribution in [0, 0.1) is 0 Å². The molecule has 0 saturated carbocycles. The molecule has 0 spiro atoms. The maximum absolute atomic E-state index is 11.2. The zero-order chi connectivity index (χ0) is 14.8. The third-order valence-electron chi connectivity index (χ3n) is 3.33. The SMILES string of the molecule is COc1ccc(-c2nc(C=O)c3ccccn23)cc1OC. The van der Waals surface area contributed by atoms with Crippen molar-refractivity contribution in [3.05, 3.63) is 48.3 Å². The Morgan fingerprint density at radius 3 is 2.62 bits per heavy atom. The van der Waals surface area contributed by atoms with E-state index in [-0.39, 0.29) is 0 Å². The zero-order valence-corrected chi connectivity index (χ0v) is 11.7. The van der Waals surface area contributed by atoms with E-state index in [1.807, 2.05) is 47.0 Å². The number of rotatable bonds is 4. The van der Waals surface area contributed by atoms with Gasteiger partial charge in [0.25, 0.3) is 0 Å². The van der Waals surface area contributed by atoms with Crippen LogP contribution in [-0.4, -0.2) is 29.9 Å². The van der Waals surface area contributed by atoms with E-state index in [1.165, 1.54) is 0 Å². The largest absolute Gasteiger partial charge is 0.493 e. The molecule has 3 rings (SSSR count). The first kappa shape index (κ1) is 13.2. The predicted octanol–water partition coefficient (Wildman–Crippen LogP) is 2.83. The monoisotopic (exact) mass is 282 g/mol. The van der Waals surface area contributed by atoms with Crippen molar-refractivity contribution < 1.29 is 14.3 Å². The number of nitrogens with zero attached hydrogens (tertiary/aromatic N) is 2. The van der Waals surface area contributed by atoms with Gasteiger partial charge in [-0.05, 0) is 30.3 Å². The average Bonchev–Trinajstić information content (AvgIpc) is 2.93. The van der Waals surface area contributed by atoms with Crippen molar-refractivity contribution in [2.75, 3.05) is 14.2 Å². The van der Waals surface area contributed by atoms with Gasteiger partial charge in [0.15, 0.2) is 17.8 Å². The summed E-state index contributed by atoms with van der Waals surface area (Å²) in [4.78, 5) is 15.6. The van der Waals surface area contributed by atoms with Gasteiger partial charge < -0.3 is 9.47 Å². The second kappa shape index (κ2) is 5.28. The topological polar surface area (TPSA) is 52.8 Å². The van der Waals surface area contributed by atoms with E-state index in [0.717, 1.165) is 17.4 Å². The Labute approximate surface area is 121 Å². The molecular formula is C16H14N2O3. The van der Waals surface area contributed by atoms with Crippen LogP contribution in [0.15, 0.2) is 42.6 Å². The molecule has 0 aliphatic heterocycles. The number of hydrogen-bond donors (Lipinski definition) is 0. The molecule has 0 atom stereocenters. The van der Waals surface area contributed by atoms with Crippen LogP contribution < -0.4 is 9.47 Å². The number of carbonyl (C=O) groups is 1. The molecule has 0 aliphatic rings. The molecule has 0 bridgehead atoms. The van der Waals surface area contributed by atoms with E-state index in [9.17, 15) is 4.79 Å². The fourth-order valence-electron chi connectivity index (χ4n) is 2.33. The highest BCUT2D eigenvalue weighted by Crippen LogP contribution is 2.32. The highest BCUT2D eigenvalue weighted by molar-refractivity contribution is 5.86. The number of carbonyl (C=O) groups excluding carboxylic acids is 1. The molecule has 2 aromatic heterocycles. The van der Waals surface area contributed by atoms with Gasteiger partial charge >= 0.3 is 0 Å². The van der Waals surface area contributed by atoms with Crippen molar-refractivity contribution in [2.45, 2.75) is 0 Å². The van der Waals surface area contributed by atoms with Crippen LogP contribution in [0.2, 0.25) is 0 Å². The molecule has 106 valence electrons. The number of imidazole rings is 1. The van der Waals surface area contributed by atoms with Gasteiger partial charge in [-0.1, -0.05) is 6.07 Å². The Morgan fingerprint density at radius 1 is 1.10 bits per heavy atom. The van der Waals surface area contributed by atoms with E-state index in [2.05, 4.69) is 4.98 Å². The molecule has 0 amide bonds. The van der Waals surface area contributed by atoms with Crippen molar-refractivity contribution in [1.29, 1.82) is 0 Å². The lowest BCUT2D eigenvalue weighted by atomic mass is 10.2. The molecular weight excluding hydrogens is 268 g/mol. The van der Waals surface area contributed by atoms with Crippen molar-refractivity contribution in [3.63, 3.8) is 0 Å². The van der Waals surface area contributed by atoms with Crippen molar-refractivity contribution in [3.8, 4) is 22.9 Å². The minimum Gasteiger partial charge on any atom is -0.493 e. The molecule has 0 N–H and O–H groups in total. The molecule has 2 heterocycles. The number of ether oxygens (including phenoxy) is 2. The number of hydrogen-bond acceptors (Lipinski definition) is 4. The first-order valence-corrected chi connectivity index (χ1v) is 6.43. The number of fused-ring (bicyclic) bond motifs is 1. The number of aromatic nitrogens is 2. The van der Waals surface area contributed by atoms with Crippen LogP contribution in [0.4, 0.5) is 0 Å². The minimum atomic E-state index is 0.417. The lowest BCUT2D eigenvalue weighted by Crippen LogP contribution is -1.93. The highest BCUT2D eigenvalue weighted by Gasteiger charge is 2.13. The number of methoxy groups -OCH3 is 2. The normalized spacial score (nSPS) is 10.6. The molecule has 5 heteroatoms. The van der Waals surface area contributed by atoms with Gasteiger partial charge in [0.05, 0.1) is 19.7 Å². The summed E-state index contributed by atoms with van der Waals surface area (Å²) in [7, 11) is 3.18. The predicted molar refractivity (Wildman–Crippen MR) is 79.1 cm³/mol. The van der Waals surface area contributed by atoms with Crippen LogP contribution in [-0.2, 0) is 0 Å². The second-order valence-corrected chi connectivity index (χ2v) is 4.46. The Bertz CT molecular complexity index is 808. The third-order valence-corrected chi connectivity index (χ3v) is 3.33. The Morgan fingerprint density at radius 2 is 1.90 bits per heavy atom. The average molecular weight is 282 g/mol. The summed E-state index contributed by atoms with van der Waals surface area (Å²) in [5.41, 5.74) is 2.04. The molecule has 0 saturated heterocycles. The maximum atomic E-state index is 11.2. The van der Waals surface area contributed by atoms with Crippen molar-refractivity contribution >= 4 is 11.8 Å². The molecule has 0 unspecified atom stereocenters. The zero-order valence-electron chi connectivity index (χ0n) is 11.7. The van der Waals surface area contributed by atoms with Gasteiger partial charge in [-0.15, -0.1) is 0 Å². The number of aldehydes is 1. The Balaban J connectivity index is 2.23. The van der Waals surface area contributed by atoms with Gasteiger partial charge in [0.1, 0.15) is 11.5 Å². The smallest absolute Gasteiger partial charge is 0.170 e. The summed E-state index contributed by atoms with van der Waals surface area (Å²) in [5.74, 6) is 1.96. The summed E-state index contributed by atoms with van der Waals surface area (Å²) >= 11 is 0. The summed E-state index contributed by atoms with van der Waals surface area (Å²) in [6.45, 7) is 0. The number of pyridine rings is 1. The van der Waals surface area contributed by atoms with Crippen molar-refractivity contribution in [2.24, 2.45) is 0 Å². The van der Waals surface area contributed by atoms with Gasteiger partial charge in [-0.3, -0.25) is 9.20 Å². The maximum Gasteiger partial charge on any atom is 0.170 e. The summed E-state index contributed by atoms with van der Waals surface area (Å²) in [5, 5.41) is 0. The quantitative estimate of drug-likeness (QED) is 0.690. The standard InChI is InChI=1S/C16H14N2O3/c1-20-14-7-6-11(9-15(14)21-2)16-17-12(10-19)13-5-3-4-8-18(13)16/h3-10H,1-2H3. The van der Waals surface area contributed by atoms with E-state index in [4.69, 9.17) is 9.47 Å². The second-order valence-electron chi connectivity index (χ2n) is 4.46. The Kier molecular flexibility index (Phi) is 3.31. The first-order valence-electron chi connectivity index (χ1n) is 6.43. The van der Waals surface area contributed by atoms with Crippen LogP contribution >= 0.6 is 0 Å². The van der Waals surface area contributed by atoms with Crippen LogP contribution in [0.1, 0.15) is 10.5 Å². The van der Waals surface area contributed by atoms with E-state index < -0.39 is 0 Å². The van der Waals surface area contributed by atoms with Gasteiger partial charge in [0.2, 0.25) is 0 Å². The lowest BCUT2D eigenvalue weighted by molar-refractivity contribution is 0.112. The first-order chi connectivity index (χ1) is 10.3. The van der Waals surface area contributed by atoms with E-state index >= 15 is 0 Å². The molecule has 21 heavy (non-hydrogen) atoms. The highest BCUT2D eigenvalue weighted by atomic mass is 16.5. The van der Waals surface area contributed by atoms with Gasteiger partial charge in [-0.25, -0.2) is 4.98 Å². The third kappa shape index (κ3) is 2.12. The molecule has 3 aromatic rings. The molecule has 0 aliphatic carbocycles.